The van der Waals surface area contributed by atoms with Crippen molar-refractivity contribution in [3.63, 3.8) is 0 Å². The van der Waals surface area contributed by atoms with Gasteiger partial charge in [-0.3, -0.25) is 10.1 Å². The molecule has 2 N–H and O–H groups in total. The van der Waals surface area contributed by atoms with Gasteiger partial charge in [0.15, 0.2) is 0 Å². The molecule has 0 radical (unpaired) electrons. The lowest BCUT2D eigenvalue weighted by Crippen LogP contribution is -2.41. The summed E-state index contributed by atoms with van der Waals surface area (Å²) >= 11 is 1.43. The monoisotopic (exact) mass is 359 g/mol. The van der Waals surface area contributed by atoms with E-state index in [2.05, 4.69) is 15.5 Å². The summed E-state index contributed by atoms with van der Waals surface area (Å²) in [5.74, 6) is 0.290. The molecule has 2 aliphatic heterocycles. The van der Waals surface area contributed by atoms with E-state index in [1.807, 2.05) is 20.0 Å². The maximum Gasteiger partial charge on any atom is 0.265 e. The average Bonchev–Trinajstić information content (AvgIpc) is 3.16. The van der Waals surface area contributed by atoms with Crippen molar-refractivity contribution in [1.29, 1.82) is 0 Å². The minimum Gasteiger partial charge on any atom is -0.456 e. The molecule has 1 atom stereocenters. The Morgan fingerprint density at radius 1 is 1.44 bits per heavy atom. The number of anilines is 1. The summed E-state index contributed by atoms with van der Waals surface area (Å²) in [4.78, 5) is 16.2. The van der Waals surface area contributed by atoms with E-state index in [1.165, 1.54) is 17.4 Å². The lowest BCUT2D eigenvalue weighted by atomic mass is 10.1. The van der Waals surface area contributed by atoms with Gasteiger partial charge in [-0.1, -0.05) is 0 Å². The van der Waals surface area contributed by atoms with Crippen LogP contribution in [0.25, 0.3) is 10.4 Å². The molecule has 5 nitrogen and oxygen atoms in total. The summed E-state index contributed by atoms with van der Waals surface area (Å²) in [7, 11) is 1.96. The predicted octanol–water partition coefficient (Wildman–Crippen LogP) is 3.04. The van der Waals surface area contributed by atoms with Crippen molar-refractivity contribution in [2.24, 2.45) is 0 Å². The van der Waals surface area contributed by atoms with Crippen LogP contribution in [0.5, 0.6) is 0 Å². The highest BCUT2D eigenvalue weighted by atomic mass is 32.1. The summed E-state index contributed by atoms with van der Waals surface area (Å²) in [6, 6.07) is 6.73. The number of allylic oxidation sites excluding steroid dienone is 1. The van der Waals surface area contributed by atoms with Crippen LogP contribution >= 0.6 is 11.3 Å². The van der Waals surface area contributed by atoms with Crippen LogP contribution in [0, 0.1) is 5.82 Å². The van der Waals surface area contributed by atoms with Crippen LogP contribution in [0.2, 0.25) is 0 Å². The molecular weight excluding hydrogens is 341 g/mol. The predicted molar refractivity (Wildman–Crippen MR) is 95.9 cm³/mol. The highest BCUT2D eigenvalue weighted by Crippen LogP contribution is 2.41. The van der Waals surface area contributed by atoms with Crippen LogP contribution in [0.3, 0.4) is 0 Å². The number of carbonyl (C=O) groups is 1. The first-order chi connectivity index (χ1) is 12.0. The largest absolute Gasteiger partial charge is 0.456 e. The molecule has 0 bridgehead atoms. The second-order valence-electron chi connectivity index (χ2n) is 6.19. The smallest absolute Gasteiger partial charge is 0.265 e. The number of carbonyl (C=O) groups excluding carboxylic acids is 1. The molecule has 3 heterocycles. The van der Waals surface area contributed by atoms with Crippen LogP contribution in [0.15, 0.2) is 36.2 Å². The third-order valence-electron chi connectivity index (χ3n) is 4.37. The maximum atomic E-state index is 13.7. The van der Waals surface area contributed by atoms with Crippen molar-refractivity contribution >= 4 is 22.9 Å². The topological polar surface area (TPSA) is 53.6 Å². The second kappa shape index (κ2) is 6.07. The summed E-state index contributed by atoms with van der Waals surface area (Å²) in [6.45, 7) is 2.59. The Kier molecular flexibility index (Phi) is 3.88. The summed E-state index contributed by atoms with van der Waals surface area (Å²) in [5, 5.41) is 5.75. The number of benzene rings is 1. The molecule has 0 aliphatic carbocycles. The number of hydrogen-bond acceptors (Lipinski definition) is 5. The van der Waals surface area contributed by atoms with Crippen molar-refractivity contribution in [2.45, 2.75) is 19.7 Å². The number of halogens is 1. The number of nitrogens with one attached hydrogen (secondary N) is 2. The molecule has 1 aromatic heterocycles. The van der Waals surface area contributed by atoms with E-state index in [1.54, 1.807) is 18.3 Å². The number of amides is 1. The Morgan fingerprint density at radius 2 is 2.28 bits per heavy atom. The van der Waals surface area contributed by atoms with Gasteiger partial charge in [0, 0.05) is 35.9 Å². The molecule has 2 aliphatic rings. The summed E-state index contributed by atoms with van der Waals surface area (Å²) < 4.78 is 19.1. The van der Waals surface area contributed by atoms with Gasteiger partial charge < -0.3 is 15.0 Å². The summed E-state index contributed by atoms with van der Waals surface area (Å²) in [5.41, 5.74) is 2.93. The zero-order valence-electron chi connectivity index (χ0n) is 13.9. The van der Waals surface area contributed by atoms with E-state index in [9.17, 15) is 9.18 Å². The normalized spacial score (nSPS) is 18.4. The Balaban J connectivity index is 1.64. The van der Waals surface area contributed by atoms with Crippen molar-refractivity contribution in [2.75, 3.05) is 18.5 Å². The lowest BCUT2D eigenvalue weighted by molar-refractivity contribution is 0.0688. The Hall–Kier alpha value is -2.54. The molecule has 25 heavy (non-hydrogen) atoms. The Labute approximate surface area is 149 Å². The lowest BCUT2D eigenvalue weighted by Gasteiger charge is -2.19. The second-order valence-corrected chi connectivity index (χ2v) is 7.24. The molecule has 0 spiro atoms. The van der Waals surface area contributed by atoms with E-state index >= 15 is 0 Å². The van der Waals surface area contributed by atoms with Gasteiger partial charge in [-0.25, -0.2) is 4.39 Å². The summed E-state index contributed by atoms with van der Waals surface area (Å²) in [6.07, 6.45) is 1.99. The van der Waals surface area contributed by atoms with Crippen LogP contribution in [-0.4, -0.2) is 25.9 Å². The van der Waals surface area contributed by atoms with Crippen LogP contribution in [-0.2, 0) is 11.2 Å². The first-order valence-corrected chi connectivity index (χ1v) is 8.87. The van der Waals surface area contributed by atoms with Gasteiger partial charge in [-0.2, -0.15) is 0 Å². The van der Waals surface area contributed by atoms with Gasteiger partial charge in [0.1, 0.15) is 11.6 Å². The van der Waals surface area contributed by atoms with E-state index in [0.717, 1.165) is 40.4 Å². The van der Waals surface area contributed by atoms with E-state index < -0.39 is 6.35 Å². The Morgan fingerprint density at radius 3 is 3.04 bits per heavy atom. The SMILES string of the molecule is CC1=CNC(NC(=O)c2cc3c(s2)-c2ccc(F)cc2N(C)CC3)O1. The molecule has 0 saturated carbocycles. The Bertz CT molecular complexity index is 877. The van der Waals surface area contributed by atoms with E-state index in [4.69, 9.17) is 4.74 Å². The van der Waals surface area contributed by atoms with Gasteiger partial charge in [-0.05, 0) is 43.2 Å². The fourth-order valence-electron chi connectivity index (χ4n) is 3.08. The third-order valence-corrected chi connectivity index (χ3v) is 5.58. The maximum absolute atomic E-state index is 13.7. The van der Waals surface area contributed by atoms with Crippen LogP contribution in [0.4, 0.5) is 10.1 Å². The van der Waals surface area contributed by atoms with Crippen molar-refractivity contribution in [1.82, 2.24) is 10.6 Å². The minimum absolute atomic E-state index is 0.185. The fraction of sp³-hybridized carbons (Fsp3) is 0.278. The van der Waals surface area contributed by atoms with Crippen LogP contribution < -0.4 is 15.5 Å². The van der Waals surface area contributed by atoms with Crippen molar-refractivity contribution in [3.05, 3.63) is 52.5 Å². The number of thiophene rings is 1. The standard InChI is InChI=1S/C18H18FN3O2S/c1-10-9-20-18(24-10)21-17(23)15-7-11-5-6-22(2)14-8-12(19)3-4-13(14)16(11)25-15/h3-4,7-9,18,20H,5-6H2,1-2H3,(H,21,23). The van der Waals surface area contributed by atoms with Gasteiger partial charge in [0.05, 0.1) is 4.88 Å². The molecule has 130 valence electrons. The molecule has 7 heteroatoms. The molecule has 1 aromatic carbocycles. The van der Waals surface area contributed by atoms with E-state index in [-0.39, 0.29) is 11.7 Å². The number of rotatable bonds is 2. The molecule has 0 saturated heterocycles. The van der Waals surface area contributed by atoms with Crippen LogP contribution in [0.1, 0.15) is 22.2 Å². The zero-order valence-corrected chi connectivity index (χ0v) is 14.7. The third kappa shape index (κ3) is 2.95. The number of nitrogens with zero attached hydrogens (tertiary/aromatic N) is 1. The molecule has 1 amide bonds. The van der Waals surface area contributed by atoms with Gasteiger partial charge in [0.2, 0.25) is 6.35 Å². The highest BCUT2D eigenvalue weighted by molar-refractivity contribution is 7.17. The quantitative estimate of drug-likeness (QED) is 0.865. The molecule has 1 unspecified atom stereocenters. The number of ether oxygens (including phenoxy) is 1. The van der Waals surface area contributed by atoms with Gasteiger partial charge >= 0.3 is 0 Å². The average molecular weight is 359 g/mol. The van der Waals surface area contributed by atoms with Gasteiger partial charge in [0.25, 0.3) is 5.91 Å². The number of hydrogen-bond donors (Lipinski definition) is 2. The number of likely N-dealkylation sites (N-methyl/N-ethyl adjacent to an activating group) is 1. The molecule has 2 aromatic rings. The van der Waals surface area contributed by atoms with Gasteiger partial charge in [-0.15, -0.1) is 11.3 Å². The van der Waals surface area contributed by atoms with Crippen molar-refractivity contribution < 1.29 is 13.9 Å². The molecular formula is C18H18FN3O2S. The zero-order chi connectivity index (χ0) is 17.6. The highest BCUT2D eigenvalue weighted by Gasteiger charge is 2.24. The fourth-order valence-corrected chi connectivity index (χ4v) is 4.23. The molecule has 4 rings (SSSR count). The van der Waals surface area contributed by atoms with E-state index in [0.29, 0.717) is 4.88 Å². The first kappa shape index (κ1) is 16.0. The minimum atomic E-state index is -0.540. The first-order valence-electron chi connectivity index (χ1n) is 8.05. The molecule has 0 fully saturated rings. The van der Waals surface area contributed by atoms with Crippen molar-refractivity contribution in [3.8, 4) is 10.4 Å². The number of fused-ring (bicyclic) bond motifs is 3.